The molecule has 0 saturated carbocycles. The highest BCUT2D eigenvalue weighted by atomic mass is 35.5. The highest BCUT2D eigenvalue weighted by molar-refractivity contribution is 7.92. The summed E-state index contributed by atoms with van der Waals surface area (Å²) in [5, 5.41) is 2.93. The van der Waals surface area contributed by atoms with E-state index >= 15 is 0 Å². The Morgan fingerprint density at radius 2 is 1.85 bits per heavy atom. The lowest BCUT2D eigenvalue weighted by atomic mass is 10.2. The minimum absolute atomic E-state index is 0.188. The number of nitrogens with one attached hydrogen (secondary N) is 1. The monoisotopic (exact) mass is 410 g/mol. The molecule has 1 atom stereocenters. The van der Waals surface area contributed by atoms with E-state index in [1.807, 2.05) is 12.1 Å². The fourth-order valence-corrected chi connectivity index (χ4v) is 3.77. The zero-order valence-electron chi connectivity index (χ0n) is 14.6. The number of halogens is 1. The Balaban J connectivity index is 1.62. The van der Waals surface area contributed by atoms with Crippen molar-refractivity contribution in [2.75, 3.05) is 30.3 Å². The molecular formula is C18H19ClN2O5S. The fraction of sp³-hybridized carbons (Fsp3) is 0.278. The predicted octanol–water partition coefficient (Wildman–Crippen LogP) is 2.06. The predicted molar refractivity (Wildman–Crippen MR) is 103 cm³/mol. The molecule has 9 heteroatoms. The minimum Gasteiger partial charge on any atom is -0.486 e. The number of hydrogen-bond donors (Lipinski definition) is 1. The van der Waals surface area contributed by atoms with Gasteiger partial charge in [-0.1, -0.05) is 35.9 Å². The van der Waals surface area contributed by atoms with E-state index in [-0.39, 0.29) is 36.5 Å². The van der Waals surface area contributed by atoms with Crippen molar-refractivity contribution in [3.05, 3.63) is 53.6 Å². The summed E-state index contributed by atoms with van der Waals surface area (Å²) in [5.41, 5.74) is 0.253. The van der Waals surface area contributed by atoms with E-state index in [9.17, 15) is 13.2 Å². The lowest BCUT2D eigenvalue weighted by Crippen LogP contribution is -2.45. The van der Waals surface area contributed by atoms with Gasteiger partial charge in [-0.2, -0.15) is 0 Å². The molecule has 7 nitrogen and oxygen atoms in total. The maximum Gasteiger partial charge on any atom is 0.240 e. The number of carbonyl (C=O) groups excluding carboxylic acids is 1. The van der Waals surface area contributed by atoms with Crippen molar-refractivity contribution in [2.24, 2.45) is 0 Å². The normalized spacial score (nSPS) is 15.9. The summed E-state index contributed by atoms with van der Waals surface area (Å²) in [6.07, 6.45) is 0.661. The average molecular weight is 411 g/mol. The Morgan fingerprint density at radius 3 is 2.56 bits per heavy atom. The van der Waals surface area contributed by atoms with Crippen molar-refractivity contribution in [2.45, 2.75) is 6.10 Å². The number of anilines is 1. The van der Waals surface area contributed by atoms with E-state index in [0.717, 1.165) is 10.6 Å². The summed E-state index contributed by atoms with van der Waals surface area (Å²) >= 11 is 6.08. The maximum absolute atomic E-state index is 12.3. The molecule has 0 unspecified atom stereocenters. The summed E-state index contributed by atoms with van der Waals surface area (Å²) in [6.45, 7) is 0.0949. The number of sulfonamides is 1. The van der Waals surface area contributed by atoms with Crippen LogP contribution in [0.4, 0.5) is 5.69 Å². The van der Waals surface area contributed by atoms with Crippen LogP contribution in [0.1, 0.15) is 0 Å². The topological polar surface area (TPSA) is 84.9 Å². The first-order valence-electron chi connectivity index (χ1n) is 8.22. The van der Waals surface area contributed by atoms with Crippen LogP contribution in [0.25, 0.3) is 0 Å². The van der Waals surface area contributed by atoms with Gasteiger partial charge in [0.25, 0.3) is 0 Å². The number of nitrogens with zero attached hydrogens (tertiary/aromatic N) is 1. The van der Waals surface area contributed by atoms with Crippen LogP contribution < -0.4 is 19.1 Å². The summed E-state index contributed by atoms with van der Waals surface area (Å²) in [5.74, 6) is 0.793. The van der Waals surface area contributed by atoms with Gasteiger partial charge in [-0.15, -0.1) is 0 Å². The molecule has 0 spiro atoms. The van der Waals surface area contributed by atoms with Crippen LogP contribution in [0.15, 0.2) is 48.5 Å². The van der Waals surface area contributed by atoms with Crippen molar-refractivity contribution in [1.82, 2.24) is 5.32 Å². The first kappa shape index (κ1) is 19.3. The van der Waals surface area contributed by atoms with Gasteiger partial charge in [-0.3, -0.25) is 9.10 Å². The SMILES string of the molecule is CS(=O)(=O)N(CC(=O)NC[C@H]1COc2ccccc2O1)c1ccccc1Cl. The van der Waals surface area contributed by atoms with Gasteiger partial charge in [0.05, 0.1) is 23.5 Å². The highest BCUT2D eigenvalue weighted by Gasteiger charge is 2.25. The number of hydrogen-bond acceptors (Lipinski definition) is 5. The molecule has 27 heavy (non-hydrogen) atoms. The van der Waals surface area contributed by atoms with Gasteiger partial charge in [0.15, 0.2) is 11.5 Å². The summed E-state index contributed by atoms with van der Waals surface area (Å²) in [4.78, 5) is 12.3. The molecule has 1 aliphatic heterocycles. The van der Waals surface area contributed by atoms with Crippen LogP contribution in [0.5, 0.6) is 11.5 Å². The van der Waals surface area contributed by atoms with Gasteiger partial charge in [0.2, 0.25) is 15.9 Å². The van der Waals surface area contributed by atoms with Crippen LogP contribution in [-0.4, -0.2) is 46.4 Å². The first-order valence-corrected chi connectivity index (χ1v) is 10.4. The second-order valence-corrected chi connectivity index (χ2v) is 8.34. The molecule has 0 bridgehead atoms. The molecule has 0 aliphatic carbocycles. The Hall–Kier alpha value is -2.45. The molecule has 144 valence electrons. The molecule has 2 aromatic rings. The lowest BCUT2D eigenvalue weighted by Gasteiger charge is -2.27. The number of benzene rings is 2. The van der Waals surface area contributed by atoms with Gasteiger partial charge in [-0.25, -0.2) is 8.42 Å². The van der Waals surface area contributed by atoms with Crippen molar-refractivity contribution in [3.8, 4) is 11.5 Å². The van der Waals surface area contributed by atoms with Crippen molar-refractivity contribution < 1.29 is 22.7 Å². The second-order valence-electron chi connectivity index (χ2n) is 6.02. The van der Waals surface area contributed by atoms with Crippen LogP contribution in [0.2, 0.25) is 5.02 Å². The zero-order chi connectivity index (χ0) is 19.4. The van der Waals surface area contributed by atoms with E-state index in [4.69, 9.17) is 21.1 Å². The van der Waals surface area contributed by atoms with Gasteiger partial charge in [0, 0.05) is 0 Å². The molecule has 1 heterocycles. The zero-order valence-corrected chi connectivity index (χ0v) is 16.2. The van der Waals surface area contributed by atoms with Crippen LogP contribution in [0.3, 0.4) is 0 Å². The standard InChI is InChI=1S/C18H19ClN2O5S/c1-27(23,24)21(15-7-3-2-6-14(15)19)11-18(22)20-10-13-12-25-16-8-4-5-9-17(16)26-13/h2-9,13H,10-12H2,1H3,(H,20,22)/t13-/m0/s1. The van der Waals surface area contributed by atoms with Crippen LogP contribution in [0, 0.1) is 0 Å². The quantitative estimate of drug-likeness (QED) is 0.787. The van der Waals surface area contributed by atoms with Crippen LogP contribution in [-0.2, 0) is 14.8 Å². The Bertz CT molecular complexity index is 935. The molecule has 1 N–H and O–H groups in total. The van der Waals surface area contributed by atoms with Crippen molar-refractivity contribution in [1.29, 1.82) is 0 Å². The number of ether oxygens (including phenoxy) is 2. The molecule has 1 aliphatic rings. The third kappa shape index (κ3) is 4.84. The number of fused-ring (bicyclic) bond motifs is 1. The third-order valence-electron chi connectivity index (χ3n) is 3.90. The Morgan fingerprint density at radius 1 is 1.19 bits per heavy atom. The number of amides is 1. The van der Waals surface area contributed by atoms with E-state index in [1.54, 1.807) is 36.4 Å². The van der Waals surface area contributed by atoms with E-state index in [1.165, 1.54) is 0 Å². The maximum atomic E-state index is 12.3. The molecule has 0 aromatic heterocycles. The molecule has 0 fully saturated rings. The first-order chi connectivity index (χ1) is 12.8. The van der Waals surface area contributed by atoms with Gasteiger partial charge in [-0.05, 0) is 24.3 Å². The minimum atomic E-state index is -3.69. The summed E-state index contributed by atoms with van der Waals surface area (Å²) in [6, 6.07) is 13.7. The summed E-state index contributed by atoms with van der Waals surface area (Å²) < 4.78 is 36.5. The van der Waals surface area contributed by atoms with Gasteiger partial charge >= 0.3 is 0 Å². The number of rotatable bonds is 6. The lowest BCUT2D eigenvalue weighted by molar-refractivity contribution is -0.120. The smallest absolute Gasteiger partial charge is 0.240 e. The van der Waals surface area contributed by atoms with Gasteiger partial charge in [0.1, 0.15) is 19.3 Å². The molecular weight excluding hydrogens is 392 g/mol. The Labute approximate surface area is 162 Å². The third-order valence-corrected chi connectivity index (χ3v) is 5.35. The number of para-hydroxylation sites is 3. The summed E-state index contributed by atoms with van der Waals surface area (Å²) in [7, 11) is -3.69. The molecule has 1 amide bonds. The average Bonchev–Trinajstić information content (AvgIpc) is 2.64. The van der Waals surface area contributed by atoms with Gasteiger partial charge < -0.3 is 14.8 Å². The molecule has 0 saturated heterocycles. The molecule has 2 aromatic carbocycles. The largest absolute Gasteiger partial charge is 0.486 e. The van der Waals surface area contributed by atoms with Crippen molar-refractivity contribution >= 4 is 33.2 Å². The fourth-order valence-electron chi connectivity index (χ4n) is 2.61. The number of carbonyl (C=O) groups is 1. The Kier molecular flexibility index (Phi) is 5.76. The second kappa shape index (κ2) is 8.06. The van der Waals surface area contributed by atoms with Crippen molar-refractivity contribution in [3.63, 3.8) is 0 Å². The van der Waals surface area contributed by atoms with E-state index < -0.39 is 15.9 Å². The molecule has 3 rings (SSSR count). The molecule has 0 radical (unpaired) electrons. The van der Waals surface area contributed by atoms with E-state index in [2.05, 4.69) is 5.32 Å². The van der Waals surface area contributed by atoms with Crippen LogP contribution >= 0.6 is 11.6 Å². The highest BCUT2D eigenvalue weighted by Crippen LogP contribution is 2.30. The van der Waals surface area contributed by atoms with E-state index in [0.29, 0.717) is 11.5 Å².